The van der Waals surface area contributed by atoms with Gasteiger partial charge in [0.1, 0.15) is 11.6 Å². The molecule has 1 atom stereocenters. The molecular formula is C18H18ClF3N4O. The largest absolute Gasteiger partial charge is 0.497 e. The number of benzene rings is 2. The zero-order valence-corrected chi connectivity index (χ0v) is 15.2. The van der Waals surface area contributed by atoms with E-state index in [1.807, 2.05) is 24.3 Å². The van der Waals surface area contributed by atoms with Crippen LogP contribution in [0, 0.1) is 17.5 Å². The van der Waals surface area contributed by atoms with E-state index in [0.29, 0.717) is 6.07 Å². The molecule has 9 heteroatoms. The monoisotopic (exact) mass is 398 g/mol. The molecule has 3 rings (SSSR count). The molecule has 0 bridgehead atoms. The summed E-state index contributed by atoms with van der Waals surface area (Å²) in [5, 5.41) is 7.89. The Bertz CT molecular complexity index is 902. The van der Waals surface area contributed by atoms with Gasteiger partial charge in [-0.25, -0.2) is 17.9 Å². The van der Waals surface area contributed by atoms with Crippen LogP contribution >= 0.6 is 12.4 Å². The third-order valence-corrected chi connectivity index (χ3v) is 3.98. The maximum Gasteiger partial charge on any atom is 0.161 e. The van der Waals surface area contributed by atoms with Gasteiger partial charge in [-0.3, -0.25) is 0 Å². The highest BCUT2D eigenvalue weighted by atomic mass is 35.5. The minimum absolute atomic E-state index is 0. The van der Waals surface area contributed by atoms with Gasteiger partial charge in [0.05, 0.1) is 25.5 Å². The molecule has 0 aliphatic rings. The quantitative estimate of drug-likeness (QED) is 0.646. The van der Waals surface area contributed by atoms with E-state index in [-0.39, 0.29) is 30.9 Å². The third kappa shape index (κ3) is 4.78. The second-order valence-electron chi connectivity index (χ2n) is 5.85. The van der Waals surface area contributed by atoms with E-state index >= 15 is 0 Å². The van der Waals surface area contributed by atoms with E-state index in [2.05, 4.69) is 10.3 Å². The second kappa shape index (κ2) is 8.88. The predicted molar refractivity (Wildman–Crippen MR) is 97.3 cm³/mol. The van der Waals surface area contributed by atoms with Gasteiger partial charge in [0, 0.05) is 17.7 Å². The van der Waals surface area contributed by atoms with Gasteiger partial charge >= 0.3 is 0 Å². The predicted octanol–water partition coefficient (Wildman–Crippen LogP) is 3.36. The van der Waals surface area contributed by atoms with Crippen LogP contribution in [0.2, 0.25) is 0 Å². The first-order chi connectivity index (χ1) is 12.5. The van der Waals surface area contributed by atoms with E-state index < -0.39 is 23.5 Å². The molecule has 0 saturated carbocycles. The summed E-state index contributed by atoms with van der Waals surface area (Å²) < 4.78 is 46.8. The summed E-state index contributed by atoms with van der Waals surface area (Å²) in [7, 11) is 1.58. The molecule has 0 unspecified atom stereocenters. The Balaban J connectivity index is 0.00000261. The van der Waals surface area contributed by atoms with Crippen molar-refractivity contribution in [2.24, 2.45) is 5.73 Å². The van der Waals surface area contributed by atoms with Crippen LogP contribution in [-0.2, 0) is 13.0 Å². The second-order valence-corrected chi connectivity index (χ2v) is 5.85. The average Bonchev–Trinajstić information content (AvgIpc) is 3.07. The molecule has 0 saturated heterocycles. The average molecular weight is 399 g/mol. The summed E-state index contributed by atoms with van der Waals surface area (Å²) in [6.07, 6.45) is 1.62. The van der Waals surface area contributed by atoms with Crippen molar-refractivity contribution in [1.29, 1.82) is 0 Å². The summed E-state index contributed by atoms with van der Waals surface area (Å²) in [5.41, 5.74) is 7.66. The molecule has 0 amide bonds. The number of hydrogen-bond donors (Lipinski definition) is 1. The highest BCUT2D eigenvalue weighted by Gasteiger charge is 2.15. The topological polar surface area (TPSA) is 66.0 Å². The van der Waals surface area contributed by atoms with Crippen molar-refractivity contribution < 1.29 is 17.9 Å². The Labute approximate surface area is 160 Å². The van der Waals surface area contributed by atoms with Crippen LogP contribution in [-0.4, -0.2) is 28.1 Å². The van der Waals surface area contributed by atoms with Crippen LogP contribution < -0.4 is 10.5 Å². The summed E-state index contributed by atoms with van der Waals surface area (Å²) in [6, 6.07) is 8.12. The number of ether oxygens (including phenoxy) is 1. The van der Waals surface area contributed by atoms with E-state index in [1.165, 1.54) is 0 Å². The molecule has 3 aromatic rings. The summed E-state index contributed by atoms with van der Waals surface area (Å²) >= 11 is 0. The zero-order valence-electron chi connectivity index (χ0n) is 14.4. The molecule has 1 heterocycles. The Hall–Kier alpha value is -2.58. The SMILES string of the molecule is COc1ccc(-c2cnnn2C[C@H](N)Cc2cc(F)c(F)cc2F)cc1.Cl. The standard InChI is InChI=1S/C18H17F3N4O.ClH/c1-26-14-4-2-11(3-5-14)18-9-23-24-25(18)10-13(22)6-12-7-16(20)17(21)8-15(12)19;/h2-5,7-9,13H,6,10,22H2,1H3;1H/t13-;/m1./s1. The fourth-order valence-corrected chi connectivity index (χ4v) is 2.67. The van der Waals surface area contributed by atoms with Gasteiger partial charge in [-0.1, -0.05) is 5.21 Å². The lowest BCUT2D eigenvalue weighted by atomic mass is 10.1. The van der Waals surface area contributed by atoms with E-state index in [4.69, 9.17) is 10.5 Å². The van der Waals surface area contributed by atoms with E-state index in [0.717, 1.165) is 23.1 Å². The molecule has 2 aromatic carbocycles. The van der Waals surface area contributed by atoms with Gasteiger partial charge in [0.2, 0.25) is 0 Å². The fraction of sp³-hybridized carbons (Fsp3) is 0.222. The highest BCUT2D eigenvalue weighted by molar-refractivity contribution is 5.85. The summed E-state index contributed by atoms with van der Waals surface area (Å²) in [6.45, 7) is 0.236. The highest BCUT2D eigenvalue weighted by Crippen LogP contribution is 2.22. The van der Waals surface area contributed by atoms with Crippen molar-refractivity contribution in [2.45, 2.75) is 19.0 Å². The molecule has 5 nitrogen and oxygen atoms in total. The van der Waals surface area contributed by atoms with Crippen LogP contribution in [0.5, 0.6) is 5.75 Å². The molecule has 0 fully saturated rings. The van der Waals surface area contributed by atoms with Gasteiger partial charge in [0.25, 0.3) is 0 Å². The lowest BCUT2D eigenvalue weighted by Gasteiger charge is -2.14. The molecule has 144 valence electrons. The minimum atomic E-state index is -1.22. The van der Waals surface area contributed by atoms with Gasteiger partial charge in [-0.2, -0.15) is 0 Å². The van der Waals surface area contributed by atoms with Crippen molar-refractivity contribution in [2.75, 3.05) is 7.11 Å². The molecule has 27 heavy (non-hydrogen) atoms. The Kier molecular flexibility index (Phi) is 6.81. The first-order valence-corrected chi connectivity index (χ1v) is 7.90. The van der Waals surface area contributed by atoms with Crippen molar-refractivity contribution in [1.82, 2.24) is 15.0 Å². The van der Waals surface area contributed by atoms with Gasteiger partial charge < -0.3 is 10.5 Å². The van der Waals surface area contributed by atoms with E-state index in [1.54, 1.807) is 18.0 Å². The molecule has 0 radical (unpaired) electrons. The van der Waals surface area contributed by atoms with Crippen LogP contribution in [0.4, 0.5) is 13.2 Å². The lowest BCUT2D eigenvalue weighted by Crippen LogP contribution is -2.30. The van der Waals surface area contributed by atoms with E-state index in [9.17, 15) is 13.2 Å². The smallest absolute Gasteiger partial charge is 0.161 e. The number of aromatic nitrogens is 3. The Morgan fingerprint density at radius 1 is 1.07 bits per heavy atom. The molecule has 0 aliphatic carbocycles. The number of hydrogen-bond acceptors (Lipinski definition) is 4. The van der Waals surface area contributed by atoms with Crippen molar-refractivity contribution in [3.8, 4) is 17.0 Å². The summed E-state index contributed by atoms with van der Waals surface area (Å²) in [4.78, 5) is 0. The number of methoxy groups -OCH3 is 1. The van der Waals surface area contributed by atoms with Crippen molar-refractivity contribution >= 4 is 12.4 Å². The molecule has 1 aromatic heterocycles. The molecule has 2 N–H and O–H groups in total. The fourth-order valence-electron chi connectivity index (χ4n) is 2.67. The normalized spacial score (nSPS) is 11.7. The third-order valence-electron chi connectivity index (χ3n) is 3.98. The first kappa shape index (κ1) is 20.7. The molecule has 0 aliphatic heterocycles. The van der Waals surface area contributed by atoms with Crippen LogP contribution in [0.15, 0.2) is 42.6 Å². The lowest BCUT2D eigenvalue weighted by molar-refractivity contribution is 0.415. The van der Waals surface area contributed by atoms with Gasteiger partial charge in [-0.05, 0) is 42.3 Å². The number of halogens is 4. The van der Waals surface area contributed by atoms with Gasteiger partial charge in [0.15, 0.2) is 11.6 Å². The zero-order chi connectivity index (χ0) is 18.7. The van der Waals surface area contributed by atoms with Crippen LogP contribution in [0.3, 0.4) is 0 Å². The number of nitrogens with two attached hydrogens (primary N) is 1. The number of nitrogens with zero attached hydrogens (tertiary/aromatic N) is 3. The van der Waals surface area contributed by atoms with Crippen LogP contribution in [0.1, 0.15) is 5.56 Å². The first-order valence-electron chi connectivity index (χ1n) is 7.90. The number of rotatable bonds is 6. The maximum absolute atomic E-state index is 13.8. The van der Waals surface area contributed by atoms with Gasteiger partial charge in [-0.15, -0.1) is 17.5 Å². The minimum Gasteiger partial charge on any atom is -0.497 e. The Morgan fingerprint density at radius 2 is 1.74 bits per heavy atom. The van der Waals surface area contributed by atoms with Crippen molar-refractivity contribution in [3.05, 3.63) is 65.6 Å². The van der Waals surface area contributed by atoms with Crippen molar-refractivity contribution in [3.63, 3.8) is 0 Å². The molecular weight excluding hydrogens is 381 g/mol. The summed E-state index contributed by atoms with van der Waals surface area (Å²) in [5.74, 6) is -2.43. The van der Waals surface area contributed by atoms with Crippen LogP contribution in [0.25, 0.3) is 11.3 Å². The maximum atomic E-state index is 13.8. The Morgan fingerprint density at radius 3 is 2.41 bits per heavy atom. The molecule has 0 spiro atoms.